The third-order valence-corrected chi connectivity index (χ3v) is 6.25. The summed E-state index contributed by atoms with van der Waals surface area (Å²) < 4.78 is 24.0. The highest BCUT2D eigenvalue weighted by Gasteiger charge is 2.37. The van der Waals surface area contributed by atoms with Crippen LogP contribution in [0.25, 0.3) is 0 Å². The molecule has 0 bridgehead atoms. The first-order valence-corrected chi connectivity index (χ1v) is 9.13. The van der Waals surface area contributed by atoms with Crippen molar-refractivity contribution in [1.29, 1.82) is 0 Å². The van der Waals surface area contributed by atoms with E-state index in [-0.39, 0.29) is 12.2 Å². The predicted octanol–water partition coefficient (Wildman–Crippen LogP) is 5.96. The van der Waals surface area contributed by atoms with Gasteiger partial charge in [0.25, 0.3) is 0 Å². The topological polar surface area (TPSA) is 35.5 Å². The molecule has 3 nitrogen and oxygen atoms in total. The quantitative estimate of drug-likeness (QED) is 0.504. The zero-order valence-corrected chi connectivity index (χ0v) is 15.1. The van der Waals surface area contributed by atoms with Gasteiger partial charge < -0.3 is 9.05 Å². The van der Waals surface area contributed by atoms with Crippen LogP contribution in [0.5, 0.6) is 0 Å². The monoisotopic (exact) mass is 356 g/mol. The van der Waals surface area contributed by atoms with Crippen LogP contribution in [0, 0.1) is 0 Å². The molecule has 0 fully saturated rings. The van der Waals surface area contributed by atoms with E-state index in [0.29, 0.717) is 15.6 Å². The Morgan fingerprint density at radius 3 is 2.00 bits per heavy atom. The number of hydrogen-bond donors (Lipinski definition) is 1. The molecule has 0 amide bonds. The molecule has 1 unspecified atom stereocenters. The minimum Gasteiger partial charge on any atom is -0.305 e. The highest BCUT2D eigenvalue weighted by Crippen LogP contribution is 2.65. The van der Waals surface area contributed by atoms with Gasteiger partial charge in [0.15, 0.2) is 0 Å². The molecule has 0 saturated carbocycles. The van der Waals surface area contributed by atoms with E-state index in [0.717, 1.165) is 0 Å². The number of rotatable bonds is 6. The fourth-order valence-corrected chi connectivity index (χ4v) is 4.85. The summed E-state index contributed by atoms with van der Waals surface area (Å²) in [6, 6.07) is 4.93. The zero-order chi connectivity index (χ0) is 15.5. The molecule has 0 radical (unpaired) electrons. The largest absolute Gasteiger partial charge is 0.348 e. The van der Waals surface area contributed by atoms with Crippen molar-refractivity contribution in [2.45, 2.75) is 44.9 Å². The molecule has 114 valence electrons. The lowest BCUT2D eigenvalue weighted by atomic mass is 10.2. The van der Waals surface area contributed by atoms with Crippen LogP contribution in [0.3, 0.4) is 0 Å². The van der Waals surface area contributed by atoms with Gasteiger partial charge >= 0.3 is 7.60 Å². The summed E-state index contributed by atoms with van der Waals surface area (Å²) in [5.74, 6) is 0. The van der Waals surface area contributed by atoms with Crippen LogP contribution in [0.15, 0.2) is 18.2 Å². The second kappa shape index (κ2) is 7.53. The normalized spacial score (nSPS) is 14.1. The van der Waals surface area contributed by atoms with Gasteiger partial charge in [0.2, 0.25) is 0 Å². The first kappa shape index (κ1) is 18.3. The van der Waals surface area contributed by atoms with Crippen LogP contribution in [-0.4, -0.2) is 12.2 Å². The summed E-state index contributed by atoms with van der Waals surface area (Å²) in [4.78, 5) is -0.767. The third-order valence-electron chi connectivity index (χ3n) is 2.26. The van der Waals surface area contributed by atoms with E-state index in [4.69, 9.17) is 32.2 Å². The maximum atomic E-state index is 13.0. The average Bonchev–Trinajstić information content (AvgIpc) is 2.25. The predicted molar refractivity (Wildman–Crippen MR) is 88.2 cm³/mol. The van der Waals surface area contributed by atoms with Gasteiger partial charge in [0.1, 0.15) is 4.99 Å². The molecule has 0 aliphatic rings. The molecule has 0 saturated heterocycles. The van der Waals surface area contributed by atoms with Crippen molar-refractivity contribution in [2.75, 3.05) is 0 Å². The Bertz CT molecular complexity index is 494. The van der Waals surface area contributed by atoms with Crippen molar-refractivity contribution in [3.05, 3.63) is 33.8 Å². The number of benzene rings is 1. The maximum absolute atomic E-state index is 13.0. The summed E-state index contributed by atoms with van der Waals surface area (Å²) in [5, 5.41) is 0.890. The number of thiol groups is 1. The SMILES string of the molecule is CC(C)OP(=O)(OC(C)C)C(S)c1ccc(Cl)cc1Cl. The Morgan fingerprint density at radius 1 is 1.10 bits per heavy atom. The van der Waals surface area contributed by atoms with E-state index in [9.17, 15) is 4.57 Å². The Hall–Kier alpha value is 0.300. The highest BCUT2D eigenvalue weighted by atomic mass is 35.5. The van der Waals surface area contributed by atoms with Crippen LogP contribution in [0.2, 0.25) is 10.0 Å². The van der Waals surface area contributed by atoms with Crippen molar-refractivity contribution in [3.63, 3.8) is 0 Å². The van der Waals surface area contributed by atoms with Gasteiger partial charge in [-0.1, -0.05) is 29.3 Å². The zero-order valence-electron chi connectivity index (χ0n) is 11.8. The summed E-state index contributed by atoms with van der Waals surface area (Å²) in [6.45, 7) is 7.17. The van der Waals surface area contributed by atoms with E-state index in [1.165, 1.54) is 0 Å². The van der Waals surface area contributed by atoms with Crippen LogP contribution >= 0.6 is 43.4 Å². The van der Waals surface area contributed by atoms with E-state index in [2.05, 4.69) is 12.6 Å². The van der Waals surface area contributed by atoms with Gasteiger partial charge in [-0.05, 0) is 45.4 Å². The average molecular weight is 357 g/mol. The highest BCUT2D eigenvalue weighted by molar-refractivity contribution is 7.89. The van der Waals surface area contributed by atoms with Crippen LogP contribution < -0.4 is 0 Å². The van der Waals surface area contributed by atoms with Crippen molar-refractivity contribution >= 4 is 43.4 Å². The molecular formula is C13H19Cl2O3PS. The first-order valence-electron chi connectivity index (χ1n) is 6.25. The lowest BCUT2D eigenvalue weighted by Crippen LogP contribution is -2.11. The summed E-state index contributed by atoms with van der Waals surface area (Å²) >= 11 is 16.4. The second-order valence-corrected chi connectivity index (χ2v) is 8.67. The van der Waals surface area contributed by atoms with Crippen molar-refractivity contribution < 1.29 is 13.6 Å². The van der Waals surface area contributed by atoms with Gasteiger partial charge in [-0.3, -0.25) is 4.57 Å². The molecule has 7 heteroatoms. The molecule has 0 aliphatic heterocycles. The molecule has 1 aromatic rings. The van der Waals surface area contributed by atoms with Gasteiger partial charge in [-0.2, -0.15) is 12.6 Å². The van der Waals surface area contributed by atoms with Gasteiger partial charge in [0, 0.05) is 10.0 Å². The van der Waals surface area contributed by atoms with Crippen molar-refractivity contribution in [1.82, 2.24) is 0 Å². The van der Waals surface area contributed by atoms with E-state index >= 15 is 0 Å². The maximum Gasteiger partial charge on any atom is 0.348 e. The Kier molecular flexibility index (Phi) is 6.91. The van der Waals surface area contributed by atoms with Crippen molar-refractivity contribution in [3.8, 4) is 0 Å². The Morgan fingerprint density at radius 2 is 1.60 bits per heavy atom. The smallest absolute Gasteiger partial charge is 0.305 e. The van der Waals surface area contributed by atoms with Gasteiger partial charge in [0.05, 0.1) is 12.2 Å². The molecule has 1 atom stereocenters. The van der Waals surface area contributed by atoms with Gasteiger partial charge in [-0.15, -0.1) is 0 Å². The number of halogens is 2. The Balaban J connectivity index is 3.15. The molecule has 20 heavy (non-hydrogen) atoms. The molecule has 0 spiro atoms. The standard InChI is InChI=1S/C13H19Cl2O3PS/c1-8(2)17-19(16,18-9(3)4)13(20)11-6-5-10(14)7-12(11)15/h5-9,13,20H,1-4H3. The molecule has 1 rings (SSSR count). The second-order valence-electron chi connectivity index (χ2n) is 4.89. The fourth-order valence-electron chi connectivity index (χ4n) is 1.61. The minimum absolute atomic E-state index is 0.250. The Labute approximate surface area is 135 Å². The van der Waals surface area contributed by atoms with Gasteiger partial charge in [-0.25, -0.2) is 0 Å². The molecule has 1 aromatic carbocycles. The van der Waals surface area contributed by atoms with E-state index in [1.807, 2.05) is 0 Å². The number of hydrogen-bond acceptors (Lipinski definition) is 4. The summed E-state index contributed by atoms with van der Waals surface area (Å²) in [7, 11) is -3.45. The molecule has 0 N–H and O–H groups in total. The molecule has 0 heterocycles. The summed E-state index contributed by atoms with van der Waals surface area (Å²) in [6.07, 6.45) is -0.499. The fraction of sp³-hybridized carbons (Fsp3) is 0.538. The summed E-state index contributed by atoms with van der Waals surface area (Å²) in [5.41, 5.74) is 0.573. The van der Waals surface area contributed by atoms with E-state index < -0.39 is 12.6 Å². The lowest BCUT2D eigenvalue weighted by molar-refractivity contribution is 0.141. The lowest BCUT2D eigenvalue weighted by Gasteiger charge is -2.27. The van der Waals surface area contributed by atoms with Crippen LogP contribution in [0.4, 0.5) is 0 Å². The molecule has 0 aromatic heterocycles. The van der Waals surface area contributed by atoms with Crippen LogP contribution in [0.1, 0.15) is 38.2 Å². The van der Waals surface area contributed by atoms with Crippen LogP contribution in [-0.2, 0) is 13.6 Å². The first-order chi connectivity index (χ1) is 9.15. The third kappa shape index (κ3) is 4.94. The van der Waals surface area contributed by atoms with E-state index in [1.54, 1.807) is 45.9 Å². The van der Waals surface area contributed by atoms with Crippen molar-refractivity contribution in [2.24, 2.45) is 0 Å². The minimum atomic E-state index is -3.45. The molecule has 0 aliphatic carbocycles. The molecular weight excluding hydrogens is 338 g/mol.